The van der Waals surface area contributed by atoms with E-state index in [2.05, 4.69) is 11.9 Å². The highest BCUT2D eigenvalue weighted by atomic mass is 19.3. The number of alkyl halides is 2. The van der Waals surface area contributed by atoms with Crippen LogP contribution < -0.4 is 5.32 Å². The first-order chi connectivity index (χ1) is 9.32. The quantitative estimate of drug-likeness (QED) is 0.603. The van der Waals surface area contributed by atoms with Crippen molar-refractivity contribution in [1.29, 1.82) is 0 Å². The van der Waals surface area contributed by atoms with Crippen molar-refractivity contribution < 1.29 is 23.0 Å². The van der Waals surface area contributed by atoms with Crippen molar-refractivity contribution in [2.75, 3.05) is 14.2 Å². The highest BCUT2D eigenvalue weighted by Crippen LogP contribution is 2.49. The summed E-state index contributed by atoms with van der Waals surface area (Å²) in [5.74, 6) is -2.75. The van der Waals surface area contributed by atoms with Crippen LogP contribution in [0.4, 0.5) is 8.78 Å². The van der Waals surface area contributed by atoms with Crippen LogP contribution in [-0.2, 0) is 14.3 Å². The summed E-state index contributed by atoms with van der Waals surface area (Å²) in [4.78, 5) is 11.8. The fraction of sp³-hybridized carbons (Fsp3) is 0.500. The number of methoxy groups -OCH3 is 1. The van der Waals surface area contributed by atoms with Crippen LogP contribution in [0.1, 0.15) is 19.8 Å². The molecule has 1 rings (SSSR count). The van der Waals surface area contributed by atoms with Gasteiger partial charge in [0.05, 0.1) is 20.0 Å². The van der Waals surface area contributed by atoms with Crippen molar-refractivity contribution >= 4 is 5.91 Å². The van der Waals surface area contributed by atoms with Crippen LogP contribution in [0.25, 0.3) is 0 Å². The number of hydrogen-bond donors (Lipinski definition) is 1. The van der Waals surface area contributed by atoms with Gasteiger partial charge in [-0.2, -0.15) is 0 Å². The Kier molecular flexibility index (Phi) is 4.92. The third-order valence-corrected chi connectivity index (χ3v) is 3.05. The van der Waals surface area contributed by atoms with E-state index in [1.807, 2.05) is 0 Å². The van der Waals surface area contributed by atoms with Crippen molar-refractivity contribution in [3.05, 3.63) is 36.3 Å². The van der Waals surface area contributed by atoms with E-state index < -0.39 is 30.3 Å². The summed E-state index contributed by atoms with van der Waals surface area (Å²) in [5, 5.41) is 2.36. The van der Waals surface area contributed by atoms with E-state index in [1.54, 1.807) is 13.0 Å². The van der Waals surface area contributed by atoms with Crippen molar-refractivity contribution in [3.8, 4) is 0 Å². The molecule has 4 nitrogen and oxygen atoms in total. The van der Waals surface area contributed by atoms with E-state index in [4.69, 9.17) is 9.47 Å². The Balaban J connectivity index is 2.94. The maximum atomic E-state index is 13.1. The molecule has 1 aliphatic carbocycles. The number of halogens is 2. The van der Waals surface area contributed by atoms with E-state index in [0.29, 0.717) is 5.76 Å². The number of carbonyl (C=O) groups is 1. The summed E-state index contributed by atoms with van der Waals surface area (Å²) >= 11 is 0. The Morgan fingerprint density at radius 3 is 2.30 bits per heavy atom. The average Bonchev–Trinajstić information content (AvgIpc) is 2.39. The molecule has 0 atom stereocenters. The van der Waals surface area contributed by atoms with Crippen LogP contribution in [0.3, 0.4) is 0 Å². The monoisotopic (exact) mass is 287 g/mol. The van der Waals surface area contributed by atoms with E-state index in [0.717, 1.165) is 0 Å². The molecule has 0 radical (unpaired) electrons. The Labute approximate surface area is 117 Å². The Bertz CT molecular complexity index is 447. The first-order valence-electron chi connectivity index (χ1n) is 6.16. The number of nitrogens with one attached hydrogen (secondary N) is 1. The molecule has 112 valence electrons. The van der Waals surface area contributed by atoms with Crippen molar-refractivity contribution in [2.24, 2.45) is 0 Å². The predicted molar refractivity (Wildman–Crippen MR) is 71.1 cm³/mol. The molecule has 0 spiro atoms. The third-order valence-electron chi connectivity index (χ3n) is 3.05. The van der Waals surface area contributed by atoms with Crippen LogP contribution in [0.2, 0.25) is 0 Å². The molecule has 1 fully saturated rings. The van der Waals surface area contributed by atoms with Gasteiger partial charge in [-0.25, -0.2) is 8.78 Å². The van der Waals surface area contributed by atoms with Gasteiger partial charge in [-0.1, -0.05) is 6.58 Å². The first-order valence-corrected chi connectivity index (χ1v) is 6.16. The number of ether oxygens (including phenoxy) is 2. The lowest BCUT2D eigenvalue weighted by molar-refractivity contribution is -0.212. The Morgan fingerprint density at radius 1 is 1.35 bits per heavy atom. The van der Waals surface area contributed by atoms with Crippen molar-refractivity contribution in [2.45, 2.75) is 31.3 Å². The zero-order valence-corrected chi connectivity index (χ0v) is 11.8. The summed E-state index contributed by atoms with van der Waals surface area (Å²) in [7, 11) is 2.84. The van der Waals surface area contributed by atoms with Crippen molar-refractivity contribution in [3.63, 3.8) is 0 Å². The first kappa shape index (κ1) is 16.2. The smallest absolute Gasteiger partial charge is 0.264 e. The average molecular weight is 287 g/mol. The van der Waals surface area contributed by atoms with E-state index in [1.165, 1.54) is 26.3 Å². The number of hydrogen-bond acceptors (Lipinski definition) is 3. The molecule has 0 aromatic rings. The van der Waals surface area contributed by atoms with Gasteiger partial charge in [0, 0.05) is 13.1 Å². The molecule has 0 aromatic heterocycles. The number of amides is 1. The maximum Gasteiger partial charge on any atom is 0.264 e. The summed E-state index contributed by atoms with van der Waals surface area (Å²) in [6, 6.07) is 0. The number of likely N-dealkylation sites (N-methyl/N-ethyl adjacent to an activating group) is 1. The van der Waals surface area contributed by atoms with E-state index in [9.17, 15) is 13.6 Å². The van der Waals surface area contributed by atoms with Gasteiger partial charge in [-0.05, 0) is 19.1 Å². The van der Waals surface area contributed by atoms with Gasteiger partial charge >= 0.3 is 0 Å². The summed E-state index contributed by atoms with van der Waals surface area (Å²) < 4.78 is 36.8. The van der Waals surface area contributed by atoms with Gasteiger partial charge in [0.15, 0.2) is 5.60 Å². The Morgan fingerprint density at radius 2 is 1.95 bits per heavy atom. The molecule has 20 heavy (non-hydrogen) atoms. The molecule has 1 aliphatic rings. The Hall–Kier alpha value is -1.85. The minimum absolute atomic E-state index is 0.279. The van der Waals surface area contributed by atoms with Gasteiger partial charge in [0.1, 0.15) is 11.5 Å². The molecule has 0 aromatic carbocycles. The summed E-state index contributed by atoms with van der Waals surface area (Å²) in [6.07, 6.45) is 3.25. The third kappa shape index (κ3) is 3.37. The minimum Gasteiger partial charge on any atom is -0.497 e. The highest BCUT2D eigenvalue weighted by Gasteiger charge is 2.63. The number of carbonyl (C=O) groups excluding carboxylic acids is 1. The predicted octanol–water partition coefficient (Wildman–Crippen LogP) is 2.54. The van der Waals surface area contributed by atoms with Crippen molar-refractivity contribution in [1.82, 2.24) is 5.32 Å². The lowest BCUT2D eigenvalue weighted by Crippen LogP contribution is -2.61. The standard InChI is InChI=1S/C14H19F2NO3/c1-5-10(19-4)7-11(6-2)20-13(12(18)17-3)8-14(15,16)9-13/h5-7H,1,8-9H2,2-4H3,(H,17,18)/b10-7+,11-6+. The lowest BCUT2D eigenvalue weighted by Gasteiger charge is -2.45. The number of rotatable bonds is 6. The van der Waals surface area contributed by atoms with Gasteiger partial charge in [0.2, 0.25) is 0 Å². The second kappa shape index (κ2) is 6.07. The lowest BCUT2D eigenvalue weighted by atomic mass is 9.75. The normalized spacial score (nSPS) is 20.6. The van der Waals surface area contributed by atoms with Crippen LogP contribution in [0.15, 0.2) is 36.3 Å². The van der Waals surface area contributed by atoms with Crippen LogP contribution in [-0.4, -0.2) is 31.6 Å². The van der Waals surface area contributed by atoms with Crippen LogP contribution >= 0.6 is 0 Å². The molecule has 0 heterocycles. The van der Waals surface area contributed by atoms with E-state index >= 15 is 0 Å². The molecule has 0 unspecified atom stereocenters. The second-order valence-corrected chi connectivity index (χ2v) is 4.53. The maximum absolute atomic E-state index is 13.1. The molecule has 1 N–H and O–H groups in total. The SMILES string of the molecule is C=C/C(=C\C(=C/C)OC1(C(=O)NC)CC(F)(F)C1)OC. The summed E-state index contributed by atoms with van der Waals surface area (Å²) in [5.41, 5.74) is -1.53. The fourth-order valence-electron chi connectivity index (χ4n) is 2.03. The topological polar surface area (TPSA) is 47.6 Å². The molecule has 6 heteroatoms. The summed E-state index contributed by atoms with van der Waals surface area (Å²) in [6.45, 7) is 5.23. The van der Waals surface area contributed by atoms with Crippen LogP contribution in [0.5, 0.6) is 0 Å². The van der Waals surface area contributed by atoms with Gasteiger partial charge < -0.3 is 14.8 Å². The minimum atomic E-state index is -2.88. The largest absolute Gasteiger partial charge is 0.497 e. The van der Waals surface area contributed by atoms with Gasteiger partial charge in [-0.3, -0.25) is 4.79 Å². The molecular formula is C14H19F2NO3. The molecule has 0 bridgehead atoms. The molecule has 1 amide bonds. The molecule has 0 saturated heterocycles. The van der Waals surface area contributed by atoms with Gasteiger partial charge in [0.25, 0.3) is 11.8 Å². The van der Waals surface area contributed by atoms with E-state index in [-0.39, 0.29) is 5.76 Å². The number of allylic oxidation sites excluding steroid dienone is 3. The second-order valence-electron chi connectivity index (χ2n) is 4.53. The zero-order valence-electron chi connectivity index (χ0n) is 11.8. The molecular weight excluding hydrogens is 268 g/mol. The highest BCUT2D eigenvalue weighted by molar-refractivity contribution is 5.86. The van der Waals surface area contributed by atoms with Crippen LogP contribution in [0, 0.1) is 0 Å². The molecule has 1 saturated carbocycles. The molecule has 0 aliphatic heterocycles. The zero-order chi connectivity index (χ0) is 15.4. The van der Waals surface area contributed by atoms with Gasteiger partial charge in [-0.15, -0.1) is 0 Å². The fourth-order valence-corrected chi connectivity index (χ4v) is 2.03.